The Hall–Kier alpha value is -2.55. The number of likely N-dealkylation sites (tertiary alicyclic amines) is 1. The average Bonchev–Trinajstić information content (AvgIpc) is 3.17. The van der Waals surface area contributed by atoms with Crippen LogP contribution in [0.5, 0.6) is 5.75 Å². The maximum absolute atomic E-state index is 14.6. The van der Waals surface area contributed by atoms with Crippen molar-refractivity contribution in [2.45, 2.75) is 64.0 Å². The summed E-state index contributed by atoms with van der Waals surface area (Å²) in [6.45, 7) is 6.49. The van der Waals surface area contributed by atoms with Gasteiger partial charge in [0.15, 0.2) is 0 Å². The molecule has 1 aromatic heterocycles. The van der Waals surface area contributed by atoms with Crippen LogP contribution >= 0.6 is 0 Å². The van der Waals surface area contributed by atoms with Crippen molar-refractivity contribution in [3.8, 4) is 5.75 Å². The molecular weight excluding hydrogens is 438 g/mol. The minimum absolute atomic E-state index is 0.0323. The second-order valence-corrected chi connectivity index (χ2v) is 9.30. The third kappa shape index (κ3) is 4.11. The van der Waals surface area contributed by atoms with Crippen molar-refractivity contribution in [2.75, 3.05) is 20.1 Å². The number of alkyl halides is 3. The van der Waals surface area contributed by atoms with Crippen LogP contribution in [0.2, 0.25) is 0 Å². The molecule has 9 heteroatoms. The minimum Gasteiger partial charge on any atom is -0.491 e. The Kier molecular flexibility index (Phi) is 5.97. The van der Waals surface area contributed by atoms with E-state index in [9.17, 15) is 22.4 Å². The van der Waals surface area contributed by atoms with E-state index in [0.717, 1.165) is 6.07 Å². The summed E-state index contributed by atoms with van der Waals surface area (Å²) in [7, 11) is 1.93. The van der Waals surface area contributed by atoms with Crippen LogP contribution in [0, 0.1) is 5.82 Å². The zero-order valence-electron chi connectivity index (χ0n) is 19.2. The van der Waals surface area contributed by atoms with Crippen molar-refractivity contribution in [3.63, 3.8) is 0 Å². The number of carbonyl (C=O) groups excluding carboxylic acids is 1. The van der Waals surface area contributed by atoms with E-state index in [1.807, 2.05) is 27.8 Å². The maximum atomic E-state index is 14.6. The molecule has 0 aliphatic carbocycles. The summed E-state index contributed by atoms with van der Waals surface area (Å²) < 4.78 is 62.1. The number of halogens is 4. The molecule has 0 N–H and O–H groups in total. The molecule has 33 heavy (non-hydrogen) atoms. The van der Waals surface area contributed by atoms with Crippen LogP contribution in [0.25, 0.3) is 0 Å². The van der Waals surface area contributed by atoms with E-state index in [-0.39, 0.29) is 24.3 Å². The molecule has 1 aromatic carbocycles. The SMILES string of the molecule is CC(C)Oc1ccc(C(=O)N2CCC3(CC2)c2ccc(C(F)(F)F)n2C[C@@H](C)N3C)c(F)c1. The number of hydrogen-bond donors (Lipinski definition) is 0. The van der Waals surface area contributed by atoms with Gasteiger partial charge in [-0.3, -0.25) is 9.69 Å². The third-order valence-corrected chi connectivity index (χ3v) is 6.95. The molecule has 3 heterocycles. The highest BCUT2D eigenvalue weighted by molar-refractivity contribution is 5.94. The van der Waals surface area contributed by atoms with Gasteiger partial charge in [-0.15, -0.1) is 0 Å². The van der Waals surface area contributed by atoms with Crippen LogP contribution in [-0.4, -0.2) is 52.6 Å². The molecular formula is C24H29F4N3O2. The zero-order valence-corrected chi connectivity index (χ0v) is 19.2. The number of rotatable bonds is 3. The van der Waals surface area contributed by atoms with E-state index >= 15 is 0 Å². The summed E-state index contributed by atoms with van der Waals surface area (Å²) in [6, 6.07) is 6.83. The number of fused-ring (bicyclic) bond motifs is 2. The molecule has 1 amide bonds. The molecule has 0 bridgehead atoms. The van der Waals surface area contributed by atoms with E-state index in [2.05, 4.69) is 4.90 Å². The van der Waals surface area contributed by atoms with Crippen molar-refractivity contribution in [1.29, 1.82) is 0 Å². The molecule has 5 nitrogen and oxygen atoms in total. The Morgan fingerprint density at radius 3 is 2.39 bits per heavy atom. The molecule has 2 aliphatic rings. The number of likely N-dealkylation sites (N-methyl/N-ethyl adjacent to an activating group) is 1. The Morgan fingerprint density at radius 1 is 1.15 bits per heavy atom. The predicted octanol–water partition coefficient (Wildman–Crippen LogP) is 4.90. The Bertz CT molecular complexity index is 1040. The van der Waals surface area contributed by atoms with Crippen LogP contribution < -0.4 is 4.74 Å². The van der Waals surface area contributed by atoms with Gasteiger partial charge in [0.25, 0.3) is 5.91 Å². The van der Waals surface area contributed by atoms with Crippen molar-refractivity contribution >= 4 is 5.91 Å². The lowest BCUT2D eigenvalue weighted by molar-refractivity contribution is -0.145. The van der Waals surface area contributed by atoms with Crippen LogP contribution in [0.4, 0.5) is 17.6 Å². The van der Waals surface area contributed by atoms with Crippen LogP contribution in [0.3, 0.4) is 0 Å². The van der Waals surface area contributed by atoms with Gasteiger partial charge in [-0.05, 0) is 64.9 Å². The topological polar surface area (TPSA) is 37.7 Å². The van der Waals surface area contributed by atoms with E-state index < -0.39 is 29.1 Å². The van der Waals surface area contributed by atoms with Gasteiger partial charge < -0.3 is 14.2 Å². The Balaban J connectivity index is 1.56. The van der Waals surface area contributed by atoms with E-state index in [0.29, 0.717) is 37.4 Å². The summed E-state index contributed by atoms with van der Waals surface area (Å²) in [6.07, 6.45) is -3.60. The Labute approximate surface area is 190 Å². The fourth-order valence-electron chi connectivity index (χ4n) is 5.18. The normalized spacial score (nSPS) is 20.9. The monoisotopic (exact) mass is 467 g/mol. The van der Waals surface area contributed by atoms with Crippen LogP contribution in [0.1, 0.15) is 55.4 Å². The van der Waals surface area contributed by atoms with Gasteiger partial charge in [0.2, 0.25) is 0 Å². The lowest BCUT2D eigenvalue weighted by Crippen LogP contribution is -2.59. The van der Waals surface area contributed by atoms with Crippen LogP contribution in [-0.2, 0) is 18.3 Å². The first kappa shape index (κ1) is 23.6. The molecule has 2 aromatic rings. The first-order valence-corrected chi connectivity index (χ1v) is 11.2. The molecule has 0 unspecified atom stereocenters. The Morgan fingerprint density at radius 2 is 1.82 bits per heavy atom. The fourth-order valence-corrected chi connectivity index (χ4v) is 5.18. The highest BCUT2D eigenvalue weighted by Gasteiger charge is 2.49. The van der Waals surface area contributed by atoms with E-state index in [1.54, 1.807) is 17.0 Å². The van der Waals surface area contributed by atoms with Crippen molar-refractivity contribution in [1.82, 2.24) is 14.4 Å². The molecule has 1 saturated heterocycles. The van der Waals surface area contributed by atoms with Crippen molar-refractivity contribution in [2.24, 2.45) is 0 Å². The van der Waals surface area contributed by atoms with Gasteiger partial charge in [-0.1, -0.05) is 0 Å². The van der Waals surface area contributed by atoms with Gasteiger partial charge in [0.05, 0.1) is 17.2 Å². The number of aromatic nitrogens is 1. The molecule has 0 radical (unpaired) electrons. The van der Waals surface area contributed by atoms with Crippen molar-refractivity contribution < 1.29 is 27.1 Å². The number of benzene rings is 1. The fraction of sp³-hybridized carbons (Fsp3) is 0.542. The number of ether oxygens (including phenoxy) is 1. The smallest absolute Gasteiger partial charge is 0.431 e. The minimum atomic E-state index is -4.42. The third-order valence-electron chi connectivity index (χ3n) is 6.95. The highest BCUT2D eigenvalue weighted by Crippen LogP contribution is 2.45. The molecule has 1 spiro atoms. The van der Waals surface area contributed by atoms with E-state index in [4.69, 9.17) is 4.74 Å². The number of carbonyl (C=O) groups is 1. The number of piperidine rings is 1. The lowest BCUT2D eigenvalue weighted by atomic mass is 9.80. The number of amides is 1. The molecule has 180 valence electrons. The maximum Gasteiger partial charge on any atom is 0.431 e. The van der Waals surface area contributed by atoms with Crippen molar-refractivity contribution in [3.05, 3.63) is 53.1 Å². The molecule has 0 saturated carbocycles. The van der Waals surface area contributed by atoms with Gasteiger partial charge in [-0.25, -0.2) is 4.39 Å². The first-order chi connectivity index (χ1) is 15.4. The second kappa shape index (κ2) is 8.34. The molecule has 1 fully saturated rings. The highest BCUT2D eigenvalue weighted by atomic mass is 19.4. The first-order valence-electron chi connectivity index (χ1n) is 11.2. The van der Waals surface area contributed by atoms with E-state index in [1.165, 1.54) is 16.7 Å². The predicted molar refractivity (Wildman–Crippen MR) is 116 cm³/mol. The van der Waals surface area contributed by atoms with Gasteiger partial charge >= 0.3 is 6.18 Å². The number of hydrogen-bond acceptors (Lipinski definition) is 3. The van der Waals surface area contributed by atoms with Crippen LogP contribution in [0.15, 0.2) is 30.3 Å². The summed E-state index contributed by atoms with van der Waals surface area (Å²) in [5, 5.41) is 0. The lowest BCUT2D eigenvalue weighted by Gasteiger charge is -2.53. The van der Waals surface area contributed by atoms with Gasteiger partial charge in [0, 0.05) is 37.4 Å². The quantitative estimate of drug-likeness (QED) is 0.603. The largest absolute Gasteiger partial charge is 0.491 e. The standard InChI is InChI=1S/C24H29F4N3O2/c1-15(2)33-17-5-6-18(19(25)13-17)22(32)30-11-9-23(10-12-30)20-7-8-21(24(26,27)28)31(20)14-16(3)29(23)4/h5-8,13,15-16H,9-12,14H2,1-4H3/t16-/m1/s1. The van der Waals surface area contributed by atoms with Gasteiger partial charge in [0.1, 0.15) is 17.3 Å². The van der Waals surface area contributed by atoms with Gasteiger partial charge in [-0.2, -0.15) is 13.2 Å². The number of nitrogens with zero attached hydrogens (tertiary/aromatic N) is 3. The zero-order chi connectivity index (χ0) is 24.1. The summed E-state index contributed by atoms with van der Waals surface area (Å²) in [5.41, 5.74) is -0.647. The second-order valence-electron chi connectivity index (χ2n) is 9.30. The summed E-state index contributed by atoms with van der Waals surface area (Å²) >= 11 is 0. The molecule has 2 aliphatic heterocycles. The molecule has 1 atom stereocenters. The summed E-state index contributed by atoms with van der Waals surface area (Å²) in [5.74, 6) is -0.711. The molecule has 4 rings (SSSR count). The summed E-state index contributed by atoms with van der Waals surface area (Å²) in [4.78, 5) is 16.7. The average molecular weight is 468 g/mol.